The predicted molar refractivity (Wildman–Crippen MR) is 84.8 cm³/mol. The van der Waals surface area contributed by atoms with E-state index in [1.54, 1.807) is 0 Å². The van der Waals surface area contributed by atoms with Gasteiger partial charge in [0, 0.05) is 31.0 Å². The fraction of sp³-hybridized carbons (Fsp3) is 0.667. The van der Waals surface area contributed by atoms with E-state index in [1.165, 1.54) is 5.56 Å². The van der Waals surface area contributed by atoms with E-state index in [2.05, 4.69) is 44.3 Å². The van der Waals surface area contributed by atoms with Crippen molar-refractivity contribution >= 4 is 0 Å². The van der Waals surface area contributed by atoms with Crippen molar-refractivity contribution in [3.8, 4) is 5.75 Å². The number of benzene rings is 1. The molecule has 1 aliphatic carbocycles. The Kier molecular flexibility index (Phi) is 4.23. The van der Waals surface area contributed by atoms with Crippen LogP contribution in [0.1, 0.15) is 39.2 Å². The van der Waals surface area contributed by atoms with Crippen molar-refractivity contribution in [3.63, 3.8) is 0 Å². The Morgan fingerprint density at radius 2 is 2.14 bits per heavy atom. The van der Waals surface area contributed by atoms with Crippen LogP contribution in [0.25, 0.3) is 0 Å². The van der Waals surface area contributed by atoms with Gasteiger partial charge in [0.15, 0.2) is 0 Å². The molecular formula is C18H27NO2. The summed E-state index contributed by atoms with van der Waals surface area (Å²) in [6.45, 7) is 8.43. The molecule has 1 aliphatic heterocycles. The SMILES string of the molecule is CCOC1CC(NCC2Cc3ccccc3O2)C1(C)CC. The van der Waals surface area contributed by atoms with Gasteiger partial charge in [0.1, 0.15) is 11.9 Å². The van der Waals surface area contributed by atoms with Gasteiger partial charge in [0.25, 0.3) is 0 Å². The highest BCUT2D eigenvalue weighted by atomic mass is 16.5. The van der Waals surface area contributed by atoms with Crippen LogP contribution in [0.15, 0.2) is 24.3 Å². The van der Waals surface area contributed by atoms with E-state index in [0.29, 0.717) is 12.1 Å². The minimum atomic E-state index is 0.265. The van der Waals surface area contributed by atoms with Gasteiger partial charge in [0.2, 0.25) is 0 Å². The van der Waals surface area contributed by atoms with Crippen molar-refractivity contribution in [3.05, 3.63) is 29.8 Å². The Morgan fingerprint density at radius 3 is 2.86 bits per heavy atom. The number of nitrogens with one attached hydrogen (secondary N) is 1. The third kappa shape index (κ3) is 2.69. The molecule has 1 saturated carbocycles. The van der Waals surface area contributed by atoms with E-state index >= 15 is 0 Å². The molecule has 3 heteroatoms. The fourth-order valence-electron chi connectivity index (χ4n) is 3.71. The highest BCUT2D eigenvalue weighted by molar-refractivity contribution is 5.37. The summed E-state index contributed by atoms with van der Waals surface area (Å²) in [5, 5.41) is 3.72. The zero-order valence-corrected chi connectivity index (χ0v) is 13.4. The van der Waals surface area contributed by atoms with Crippen molar-refractivity contribution in [2.75, 3.05) is 13.2 Å². The summed E-state index contributed by atoms with van der Waals surface area (Å²) in [7, 11) is 0. The minimum Gasteiger partial charge on any atom is -0.488 e. The summed E-state index contributed by atoms with van der Waals surface area (Å²) in [4.78, 5) is 0. The topological polar surface area (TPSA) is 30.5 Å². The maximum atomic E-state index is 6.01. The Balaban J connectivity index is 1.51. The molecule has 0 radical (unpaired) electrons. The molecule has 0 saturated heterocycles. The monoisotopic (exact) mass is 289 g/mol. The van der Waals surface area contributed by atoms with Gasteiger partial charge in [0.05, 0.1) is 6.10 Å². The first-order valence-electron chi connectivity index (χ1n) is 8.27. The molecule has 2 aliphatic rings. The van der Waals surface area contributed by atoms with Crippen LogP contribution in [-0.4, -0.2) is 31.4 Å². The number of rotatable bonds is 6. The highest BCUT2D eigenvalue weighted by Gasteiger charge is 2.50. The first-order chi connectivity index (χ1) is 10.2. The third-order valence-corrected chi connectivity index (χ3v) is 5.42. The number of hydrogen-bond acceptors (Lipinski definition) is 3. The molecule has 0 bridgehead atoms. The molecule has 1 heterocycles. The predicted octanol–water partition coefficient (Wildman–Crippen LogP) is 3.17. The van der Waals surface area contributed by atoms with Gasteiger partial charge >= 0.3 is 0 Å². The summed E-state index contributed by atoms with van der Waals surface area (Å²) in [5.74, 6) is 1.06. The largest absolute Gasteiger partial charge is 0.488 e. The van der Waals surface area contributed by atoms with Crippen LogP contribution in [-0.2, 0) is 11.2 Å². The van der Waals surface area contributed by atoms with Crippen LogP contribution in [0, 0.1) is 5.41 Å². The smallest absolute Gasteiger partial charge is 0.123 e. The van der Waals surface area contributed by atoms with Gasteiger partial charge in [-0.15, -0.1) is 0 Å². The van der Waals surface area contributed by atoms with Crippen LogP contribution >= 0.6 is 0 Å². The van der Waals surface area contributed by atoms with Gasteiger partial charge in [-0.2, -0.15) is 0 Å². The zero-order chi connectivity index (χ0) is 14.9. The van der Waals surface area contributed by atoms with Crippen LogP contribution in [0.4, 0.5) is 0 Å². The fourth-order valence-corrected chi connectivity index (χ4v) is 3.71. The van der Waals surface area contributed by atoms with E-state index in [0.717, 1.165) is 38.2 Å². The second kappa shape index (κ2) is 5.98. The lowest BCUT2D eigenvalue weighted by Gasteiger charge is -2.54. The van der Waals surface area contributed by atoms with E-state index in [9.17, 15) is 0 Å². The molecule has 3 nitrogen and oxygen atoms in total. The average molecular weight is 289 g/mol. The Morgan fingerprint density at radius 1 is 1.33 bits per heavy atom. The second-order valence-electron chi connectivity index (χ2n) is 6.55. The summed E-state index contributed by atoms with van der Waals surface area (Å²) in [6.07, 6.45) is 3.98. The van der Waals surface area contributed by atoms with Crippen LogP contribution in [0.3, 0.4) is 0 Å². The standard InChI is InChI=1S/C18H27NO2/c1-4-18(3)16(11-17(18)20-5-2)19-12-14-10-13-8-6-7-9-15(13)21-14/h6-9,14,16-17,19H,4-5,10-12H2,1-3H3. The van der Waals surface area contributed by atoms with Crippen LogP contribution in [0.5, 0.6) is 5.75 Å². The van der Waals surface area contributed by atoms with Gasteiger partial charge < -0.3 is 14.8 Å². The molecule has 1 aromatic carbocycles. The summed E-state index contributed by atoms with van der Waals surface area (Å²) < 4.78 is 11.9. The van der Waals surface area contributed by atoms with Gasteiger partial charge in [-0.05, 0) is 31.4 Å². The minimum absolute atomic E-state index is 0.265. The normalized spacial score (nSPS) is 34.1. The van der Waals surface area contributed by atoms with Crippen LogP contribution in [0.2, 0.25) is 0 Å². The van der Waals surface area contributed by atoms with Crippen molar-refractivity contribution < 1.29 is 9.47 Å². The third-order valence-electron chi connectivity index (χ3n) is 5.42. The Hall–Kier alpha value is -1.06. The maximum absolute atomic E-state index is 6.01. The molecule has 1 aromatic rings. The molecule has 116 valence electrons. The van der Waals surface area contributed by atoms with Crippen molar-refractivity contribution in [2.24, 2.45) is 5.41 Å². The summed E-state index contributed by atoms with van der Waals surface area (Å²) >= 11 is 0. The van der Waals surface area contributed by atoms with Gasteiger partial charge in [-0.25, -0.2) is 0 Å². The van der Waals surface area contributed by atoms with Crippen LogP contribution < -0.4 is 10.1 Å². The summed E-state index contributed by atoms with van der Waals surface area (Å²) in [5.41, 5.74) is 1.60. The Labute approximate surface area is 128 Å². The molecule has 4 unspecified atom stereocenters. The molecule has 4 atom stereocenters. The number of fused-ring (bicyclic) bond motifs is 1. The molecular weight excluding hydrogens is 262 g/mol. The van der Waals surface area contributed by atoms with Crippen molar-refractivity contribution in [2.45, 2.75) is 58.3 Å². The van der Waals surface area contributed by atoms with Crippen molar-refractivity contribution in [1.29, 1.82) is 0 Å². The molecule has 1 fully saturated rings. The lowest BCUT2D eigenvalue weighted by molar-refractivity contribution is -0.126. The molecule has 0 aromatic heterocycles. The number of para-hydroxylation sites is 1. The molecule has 1 N–H and O–H groups in total. The first kappa shape index (κ1) is 14.9. The second-order valence-corrected chi connectivity index (χ2v) is 6.55. The lowest BCUT2D eigenvalue weighted by Crippen LogP contribution is -2.63. The molecule has 0 spiro atoms. The number of hydrogen-bond donors (Lipinski definition) is 1. The van der Waals surface area contributed by atoms with E-state index in [1.807, 2.05) is 6.07 Å². The van der Waals surface area contributed by atoms with Gasteiger partial charge in [-0.3, -0.25) is 0 Å². The quantitative estimate of drug-likeness (QED) is 0.872. The average Bonchev–Trinajstić information content (AvgIpc) is 2.91. The van der Waals surface area contributed by atoms with E-state index in [4.69, 9.17) is 9.47 Å². The highest BCUT2D eigenvalue weighted by Crippen LogP contribution is 2.45. The van der Waals surface area contributed by atoms with E-state index in [-0.39, 0.29) is 11.5 Å². The van der Waals surface area contributed by atoms with E-state index < -0.39 is 0 Å². The molecule has 0 amide bonds. The molecule has 3 rings (SSSR count). The lowest BCUT2D eigenvalue weighted by atomic mass is 9.61. The van der Waals surface area contributed by atoms with Crippen molar-refractivity contribution in [1.82, 2.24) is 5.32 Å². The number of ether oxygens (including phenoxy) is 2. The first-order valence-corrected chi connectivity index (χ1v) is 8.27. The Bertz CT molecular complexity index is 465. The zero-order valence-electron chi connectivity index (χ0n) is 13.4. The molecule has 21 heavy (non-hydrogen) atoms. The van der Waals surface area contributed by atoms with Gasteiger partial charge in [-0.1, -0.05) is 32.0 Å². The summed E-state index contributed by atoms with van der Waals surface area (Å²) in [6, 6.07) is 8.91. The maximum Gasteiger partial charge on any atom is 0.123 e.